The van der Waals surface area contributed by atoms with Gasteiger partial charge < -0.3 is 20.3 Å². The van der Waals surface area contributed by atoms with Crippen LogP contribution >= 0.6 is 10.6 Å². The number of amides is 2. The van der Waals surface area contributed by atoms with Crippen molar-refractivity contribution in [3.63, 3.8) is 0 Å². The molecule has 0 unspecified atom stereocenters. The number of aromatic nitrogens is 2. The van der Waals surface area contributed by atoms with Crippen LogP contribution in [0, 0.1) is 0 Å². The van der Waals surface area contributed by atoms with Gasteiger partial charge in [0.25, 0.3) is 0 Å². The average Bonchev–Trinajstić information content (AvgIpc) is 3.63. The highest BCUT2D eigenvalue weighted by molar-refractivity contribution is 8.25. The number of nitrogens with one attached hydrogen (secondary N) is 2. The molecule has 1 aliphatic heterocycles. The summed E-state index contributed by atoms with van der Waals surface area (Å²) in [7, 11) is -3.00. The van der Waals surface area contributed by atoms with E-state index in [1.54, 1.807) is 0 Å². The van der Waals surface area contributed by atoms with E-state index >= 15 is 0 Å². The van der Waals surface area contributed by atoms with Gasteiger partial charge in [-0.3, -0.25) is 9.11 Å². The fourth-order valence-electron chi connectivity index (χ4n) is 4.11. The molecule has 1 saturated carbocycles. The number of nitrogens with zero attached hydrogens (tertiary/aromatic N) is 3. The van der Waals surface area contributed by atoms with Crippen LogP contribution < -0.4 is 15.5 Å². The van der Waals surface area contributed by atoms with Crippen LogP contribution in [-0.2, 0) is 9.48 Å². The molecule has 1 saturated heterocycles. The Bertz CT molecular complexity index is 1060. The summed E-state index contributed by atoms with van der Waals surface area (Å²) >= 11 is 0. The van der Waals surface area contributed by atoms with E-state index < -0.39 is 15.3 Å². The summed E-state index contributed by atoms with van der Waals surface area (Å²) < 4.78 is 26.8. The van der Waals surface area contributed by atoms with Crippen LogP contribution in [0.4, 0.5) is 16.3 Å². The molecular formula is C25H37N5O4S. The number of anilines is 2. The van der Waals surface area contributed by atoms with E-state index in [0.29, 0.717) is 37.0 Å². The largest absolute Gasteiger partial charge is 0.377 e. The fourth-order valence-corrected chi connectivity index (χ4v) is 5.70. The number of benzene rings is 1. The van der Waals surface area contributed by atoms with E-state index in [9.17, 15) is 13.9 Å². The van der Waals surface area contributed by atoms with E-state index in [1.807, 2.05) is 58.0 Å². The SMILES string of the molecule is CC(C)S(O)(O)C(C)(C)c1cc(N2CCOC[C@@H]2C)nc(-c2ccc(NC(=O)NC3CC3)cc2)n1. The highest BCUT2D eigenvalue weighted by Crippen LogP contribution is 2.60. The molecule has 4 rings (SSSR count). The molecule has 35 heavy (non-hydrogen) atoms. The normalized spacial score (nSPS) is 19.5. The number of ether oxygens (including phenoxy) is 1. The van der Waals surface area contributed by atoms with Gasteiger partial charge >= 0.3 is 6.03 Å². The number of urea groups is 1. The first-order valence-electron chi connectivity index (χ1n) is 12.2. The van der Waals surface area contributed by atoms with E-state index in [4.69, 9.17) is 14.7 Å². The average molecular weight is 504 g/mol. The topological polar surface area (TPSA) is 120 Å². The minimum absolute atomic E-state index is 0.129. The Balaban J connectivity index is 1.69. The van der Waals surface area contributed by atoms with E-state index in [1.165, 1.54) is 0 Å². The Labute approximate surface area is 209 Å². The lowest BCUT2D eigenvalue weighted by Crippen LogP contribution is -2.44. The second kappa shape index (κ2) is 9.93. The Morgan fingerprint density at radius 2 is 1.89 bits per heavy atom. The van der Waals surface area contributed by atoms with Gasteiger partial charge in [0.1, 0.15) is 5.82 Å². The van der Waals surface area contributed by atoms with Gasteiger partial charge in [-0.15, -0.1) is 0 Å². The molecule has 10 heteroatoms. The van der Waals surface area contributed by atoms with Crippen molar-refractivity contribution >= 4 is 28.1 Å². The lowest BCUT2D eigenvalue weighted by Gasteiger charge is -2.49. The third-order valence-corrected chi connectivity index (χ3v) is 9.74. The lowest BCUT2D eigenvalue weighted by molar-refractivity contribution is 0.0985. The van der Waals surface area contributed by atoms with E-state index in [2.05, 4.69) is 22.5 Å². The van der Waals surface area contributed by atoms with Gasteiger partial charge in [-0.2, -0.15) is 10.6 Å². The van der Waals surface area contributed by atoms with Crippen molar-refractivity contribution in [3.05, 3.63) is 36.0 Å². The van der Waals surface area contributed by atoms with Crippen LogP contribution in [0.5, 0.6) is 0 Å². The quantitative estimate of drug-likeness (QED) is 0.417. The molecule has 1 aromatic carbocycles. The highest BCUT2D eigenvalue weighted by atomic mass is 32.3. The van der Waals surface area contributed by atoms with Crippen molar-refractivity contribution in [1.82, 2.24) is 15.3 Å². The third kappa shape index (κ3) is 5.55. The first-order valence-corrected chi connectivity index (χ1v) is 13.8. The Hall–Kier alpha value is -2.40. The van der Waals surface area contributed by atoms with Crippen molar-refractivity contribution in [1.29, 1.82) is 0 Å². The second-order valence-corrected chi connectivity index (χ2v) is 13.3. The molecule has 4 N–H and O–H groups in total. The number of rotatable bonds is 7. The van der Waals surface area contributed by atoms with Gasteiger partial charge in [-0.25, -0.2) is 14.8 Å². The van der Waals surface area contributed by atoms with Crippen LogP contribution in [0.25, 0.3) is 11.4 Å². The van der Waals surface area contributed by atoms with E-state index in [-0.39, 0.29) is 23.4 Å². The summed E-state index contributed by atoms with van der Waals surface area (Å²) in [4.78, 5) is 23.9. The van der Waals surface area contributed by atoms with Gasteiger partial charge in [-0.1, -0.05) is 0 Å². The molecule has 0 bridgehead atoms. The number of hydrogen-bond donors (Lipinski definition) is 4. The van der Waals surface area contributed by atoms with Crippen LogP contribution in [0.15, 0.2) is 30.3 Å². The third-order valence-electron chi connectivity index (χ3n) is 6.71. The summed E-state index contributed by atoms with van der Waals surface area (Å²) in [5.74, 6) is 1.23. The first-order chi connectivity index (χ1) is 16.5. The zero-order valence-corrected chi connectivity index (χ0v) is 21.9. The highest BCUT2D eigenvalue weighted by Gasteiger charge is 2.40. The standard InChI is InChI=1S/C25H37N5O4S/c1-16(2)35(32,33)25(4,5)21-14-22(30-12-13-34-15-17(30)3)29-23(28-21)18-6-8-19(9-7-18)26-24(31)27-20-10-11-20/h6-9,14,16-17,20,32-33H,10-13,15H2,1-5H3,(H2,26,27,31)/t17-/m0/s1. The Morgan fingerprint density at radius 1 is 1.20 bits per heavy atom. The van der Waals surface area contributed by atoms with Crippen molar-refractivity contribution in [3.8, 4) is 11.4 Å². The zero-order chi connectivity index (χ0) is 25.4. The van der Waals surface area contributed by atoms with Crippen molar-refractivity contribution in [2.75, 3.05) is 30.0 Å². The predicted octanol–water partition coefficient (Wildman–Crippen LogP) is 5.05. The molecule has 2 fully saturated rings. The smallest absolute Gasteiger partial charge is 0.319 e. The zero-order valence-electron chi connectivity index (χ0n) is 21.1. The summed E-state index contributed by atoms with van der Waals surface area (Å²) in [6.45, 7) is 11.3. The van der Waals surface area contributed by atoms with Crippen molar-refractivity contribution in [2.45, 2.75) is 69.5 Å². The molecule has 0 radical (unpaired) electrons. The van der Waals surface area contributed by atoms with Crippen molar-refractivity contribution < 1.29 is 18.6 Å². The lowest BCUT2D eigenvalue weighted by atomic mass is 10.1. The number of morpholine rings is 1. The van der Waals surface area contributed by atoms with Gasteiger partial charge in [0, 0.05) is 35.2 Å². The van der Waals surface area contributed by atoms with Gasteiger partial charge in [-0.05, 0) is 71.7 Å². The molecule has 192 valence electrons. The predicted molar refractivity (Wildman–Crippen MR) is 141 cm³/mol. The molecule has 9 nitrogen and oxygen atoms in total. The molecule has 1 atom stereocenters. The van der Waals surface area contributed by atoms with Crippen LogP contribution in [0.2, 0.25) is 0 Å². The summed E-state index contributed by atoms with van der Waals surface area (Å²) in [6.07, 6.45) is 2.06. The number of carbonyl (C=O) groups excluding carboxylic acids is 1. The molecule has 1 aromatic heterocycles. The minimum Gasteiger partial charge on any atom is -0.377 e. The van der Waals surface area contributed by atoms with Gasteiger partial charge in [0.15, 0.2) is 5.82 Å². The second-order valence-electron chi connectivity index (χ2n) is 10.2. The molecular weight excluding hydrogens is 466 g/mol. The minimum atomic E-state index is -3.00. The molecule has 2 heterocycles. The van der Waals surface area contributed by atoms with Crippen LogP contribution in [0.1, 0.15) is 53.2 Å². The van der Waals surface area contributed by atoms with Crippen LogP contribution in [-0.4, -0.2) is 62.2 Å². The Kier molecular flexibility index (Phi) is 7.28. The number of carbonyl (C=O) groups is 1. The fraction of sp³-hybridized carbons (Fsp3) is 0.560. The molecule has 2 amide bonds. The molecule has 2 aliphatic rings. The maximum absolute atomic E-state index is 12.1. The van der Waals surface area contributed by atoms with Crippen LogP contribution in [0.3, 0.4) is 0 Å². The maximum atomic E-state index is 12.1. The van der Waals surface area contributed by atoms with Crippen molar-refractivity contribution in [2.24, 2.45) is 0 Å². The number of hydrogen-bond acceptors (Lipinski definition) is 7. The Morgan fingerprint density at radius 3 is 2.49 bits per heavy atom. The summed E-state index contributed by atoms with van der Waals surface area (Å²) in [6, 6.07) is 9.46. The first kappa shape index (κ1) is 25.7. The van der Waals surface area contributed by atoms with Gasteiger partial charge in [0.2, 0.25) is 0 Å². The summed E-state index contributed by atoms with van der Waals surface area (Å²) in [5.41, 5.74) is 2.04. The molecule has 0 spiro atoms. The van der Waals surface area contributed by atoms with E-state index in [0.717, 1.165) is 24.2 Å². The monoisotopic (exact) mass is 503 g/mol. The molecule has 1 aliphatic carbocycles. The van der Waals surface area contributed by atoms with Gasteiger partial charge in [0.05, 0.1) is 29.7 Å². The molecule has 2 aromatic rings. The maximum Gasteiger partial charge on any atom is 0.319 e. The summed E-state index contributed by atoms with van der Waals surface area (Å²) in [5, 5.41) is 5.44.